The fourth-order valence-corrected chi connectivity index (χ4v) is 4.67. The standard InChI is InChI=1S/C30H46O6/c1-3-5-7-9-11-13-19-25(27-21-33-27)35-29(31)23-17-15-16-18-24(23)30(32)36-26(28-22-34-28)20-14-12-10-8-6-4-2/h15-18,25-28H,3-14,19-22H2,1-2H3. The van der Waals surface area contributed by atoms with Crippen molar-refractivity contribution in [1.82, 2.24) is 0 Å². The van der Waals surface area contributed by atoms with Crippen LogP contribution in [0.25, 0.3) is 0 Å². The molecule has 4 unspecified atom stereocenters. The van der Waals surface area contributed by atoms with Gasteiger partial charge in [-0.3, -0.25) is 0 Å². The predicted octanol–water partition coefficient (Wildman–Crippen LogP) is 7.04. The molecule has 2 saturated heterocycles. The molecule has 202 valence electrons. The number of carbonyl (C=O) groups excluding carboxylic acids is 2. The maximum absolute atomic E-state index is 13.1. The first kappa shape index (κ1) is 28.6. The highest BCUT2D eigenvalue weighted by Gasteiger charge is 2.38. The first-order chi connectivity index (χ1) is 17.6. The maximum atomic E-state index is 13.1. The first-order valence-corrected chi connectivity index (χ1v) is 14.4. The van der Waals surface area contributed by atoms with E-state index in [1.54, 1.807) is 24.3 Å². The Balaban J connectivity index is 1.51. The molecule has 1 aromatic carbocycles. The van der Waals surface area contributed by atoms with Crippen LogP contribution < -0.4 is 0 Å². The van der Waals surface area contributed by atoms with E-state index < -0.39 is 11.9 Å². The molecule has 3 rings (SSSR count). The summed E-state index contributed by atoms with van der Waals surface area (Å²) in [6.07, 6.45) is 15.2. The highest BCUT2D eigenvalue weighted by atomic mass is 16.6. The highest BCUT2D eigenvalue weighted by Crippen LogP contribution is 2.26. The number of ether oxygens (including phenoxy) is 4. The van der Waals surface area contributed by atoms with E-state index in [0.717, 1.165) is 38.5 Å². The molecule has 0 bridgehead atoms. The lowest BCUT2D eigenvalue weighted by Crippen LogP contribution is -2.27. The second-order valence-electron chi connectivity index (χ2n) is 10.3. The monoisotopic (exact) mass is 502 g/mol. The molecule has 1 aromatic rings. The van der Waals surface area contributed by atoms with Gasteiger partial charge >= 0.3 is 11.9 Å². The predicted molar refractivity (Wildman–Crippen MR) is 140 cm³/mol. The van der Waals surface area contributed by atoms with Crippen molar-refractivity contribution < 1.29 is 28.5 Å². The zero-order chi connectivity index (χ0) is 25.6. The van der Waals surface area contributed by atoms with Crippen LogP contribution in [0.3, 0.4) is 0 Å². The third kappa shape index (κ3) is 10.2. The molecule has 0 saturated carbocycles. The molecule has 2 heterocycles. The molecular formula is C30H46O6. The van der Waals surface area contributed by atoms with Crippen molar-refractivity contribution in [1.29, 1.82) is 0 Å². The summed E-state index contributed by atoms with van der Waals surface area (Å²) in [5, 5.41) is 0. The molecule has 6 nitrogen and oxygen atoms in total. The van der Waals surface area contributed by atoms with Gasteiger partial charge in [-0.25, -0.2) is 9.59 Å². The van der Waals surface area contributed by atoms with Gasteiger partial charge in [0, 0.05) is 0 Å². The normalized spacial score (nSPS) is 19.9. The van der Waals surface area contributed by atoms with E-state index in [9.17, 15) is 9.59 Å². The average Bonchev–Trinajstić information content (AvgIpc) is 3.80. The molecule has 0 radical (unpaired) electrons. The third-order valence-electron chi connectivity index (χ3n) is 7.12. The van der Waals surface area contributed by atoms with E-state index in [4.69, 9.17) is 18.9 Å². The zero-order valence-corrected chi connectivity index (χ0v) is 22.4. The van der Waals surface area contributed by atoms with E-state index in [2.05, 4.69) is 13.8 Å². The number of carbonyl (C=O) groups is 2. The van der Waals surface area contributed by atoms with Crippen molar-refractivity contribution in [3.8, 4) is 0 Å². The summed E-state index contributed by atoms with van der Waals surface area (Å²) >= 11 is 0. The Morgan fingerprint density at radius 2 is 1.06 bits per heavy atom. The molecule has 0 amide bonds. The summed E-state index contributed by atoms with van der Waals surface area (Å²) in [7, 11) is 0. The second-order valence-corrected chi connectivity index (χ2v) is 10.3. The smallest absolute Gasteiger partial charge is 0.339 e. The lowest BCUT2D eigenvalue weighted by Gasteiger charge is -2.19. The quantitative estimate of drug-likeness (QED) is 0.108. The van der Waals surface area contributed by atoms with Crippen molar-refractivity contribution in [2.45, 2.75) is 128 Å². The Morgan fingerprint density at radius 3 is 1.42 bits per heavy atom. The second kappa shape index (κ2) is 16.0. The molecule has 36 heavy (non-hydrogen) atoms. The van der Waals surface area contributed by atoms with Gasteiger partial charge in [-0.2, -0.15) is 0 Å². The van der Waals surface area contributed by atoms with Gasteiger partial charge in [0.1, 0.15) is 24.4 Å². The van der Waals surface area contributed by atoms with Crippen molar-refractivity contribution in [2.24, 2.45) is 0 Å². The highest BCUT2D eigenvalue weighted by molar-refractivity contribution is 6.03. The molecule has 4 atom stereocenters. The van der Waals surface area contributed by atoms with E-state index in [1.165, 1.54) is 51.4 Å². The average molecular weight is 503 g/mol. The molecule has 0 aromatic heterocycles. The SMILES string of the molecule is CCCCCCCCC(OC(=O)c1ccccc1C(=O)OC(CCCCCCCC)C1CO1)C1CO1. The van der Waals surface area contributed by atoms with Crippen LogP contribution in [0.5, 0.6) is 0 Å². The van der Waals surface area contributed by atoms with Gasteiger partial charge in [0.05, 0.1) is 24.3 Å². The molecule has 0 spiro atoms. The number of hydrogen-bond acceptors (Lipinski definition) is 6. The summed E-state index contributed by atoms with van der Waals surface area (Å²) in [6.45, 7) is 5.67. The molecular weight excluding hydrogens is 456 g/mol. The molecule has 6 heteroatoms. The van der Waals surface area contributed by atoms with Crippen LogP contribution in [0.4, 0.5) is 0 Å². The Kier molecular flexibility index (Phi) is 12.8. The summed E-state index contributed by atoms with van der Waals surface area (Å²) in [6, 6.07) is 6.79. The molecule has 0 N–H and O–H groups in total. The van der Waals surface area contributed by atoms with Crippen LogP contribution in [0.2, 0.25) is 0 Å². The number of hydrogen-bond donors (Lipinski definition) is 0. The topological polar surface area (TPSA) is 77.7 Å². The van der Waals surface area contributed by atoms with Gasteiger partial charge < -0.3 is 18.9 Å². The Morgan fingerprint density at radius 1 is 0.694 bits per heavy atom. The largest absolute Gasteiger partial charge is 0.456 e. The van der Waals surface area contributed by atoms with Crippen molar-refractivity contribution in [3.05, 3.63) is 35.4 Å². The van der Waals surface area contributed by atoms with Crippen LogP contribution in [0.15, 0.2) is 24.3 Å². The van der Waals surface area contributed by atoms with Gasteiger partial charge in [0.15, 0.2) is 0 Å². The minimum atomic E-state index is -0.482. The number of esters is 2. The first-order valence-electron chi connectivity index (χ1n) is 14.4. The zero-order valence-electron chi connectivity index (χ0n) is 22.4. The van der Waals surface area contributed by atoms with Gasteiger partial charge in [-0.15, -0.1) is 0 Å². The van der Waals surface area contributed by atoms with E-state index in [1.807, 2.05) is 0 Å². The minimum Gasteiger partial charge on any atom is -0.456 e. The fourth-order valence-electron chi connectivity index (χ4n) is 4.67. The van der Waals surface area contributed by atoms with E-state index in [0.29, 0.717) is 13.2 Å². The van der Waals surface area contributed by atoms with Crippen molar-refractivity contribution in [2.75, 3.05) is 13.2 Å². The fraction of sp³-hybridized carbons (Fsp3) is 0.733. The third-order valence-corrected chi connectivity index (χ3v) is 7.12. The van der Waals surface area contributed by atoms with Gasteiger partial charge in [0.2, 0.25) is 0 Å². The Hall–Kier alpha value is -1.92. The van der Waals surface area contributed by atoms with Gasteiger partial charge in [-0.1, -0.05) is 90.2 Å². The summed E-state index contributed by atoms with van der Waals surface area (Å²) in [5.41, 5.74) is 0.511. The number of unbranched alkanes of at least 4 members (excludes halogenated alkanes) is 10. The van der Waals surface area contributed by atoms with Crippen LogP contribution in [0.1, 0.15) is 124 Å². The van der Waals surface area contributed by atoms with Gasteiger partial charge in [0.25, 0.3) is 0 Å². The van der Waals surface area contributed by atoms with Crippen molar-refractivity contribution >= 4 is 11.9 Å². The lowest BCUT2D eigenvalue weighted by atomic mass is 10.0. The van der Waals surface area contributed by atoms with Crippen LogP contribution in [-0.2, 0) is 18.9 Å². The summed E-state index contributed by atoms with van der Waals surface area (Å²) in [5.74, 6) is -0.964. The molecule has 2 fully saturated rings. The van der Waals surface area contributed by atoms with Crippen LogP contribution >= 0.6 is 0 Å². The van der Waals surface area contributed by atoms with Crippen LogP contribution in [0, 0.1) is 0 Å². The van der Waals surface area contributed by atoms with E-state index in [-0.39, 0.29) is 35.5 Å². The number of epoxide rings is 2. The maximum Gasteiger partial charge on any atom is 0.339 e. The van der Waals surface area contributed by atoms with Crippen LogP contribution in [-0.4, -0.2) is 49.6 Å². The Labute approximate surface area is 217 Å². The summed E-state index contributed by atoms with van der Waals surface area (Å²) < 4.78 is 22.6. The molecule has 0 aliphatic carbocycles. The minimum absolute atomic E-state index is 0.0302. The summed E-state index contributed by atoms with van der Waals surface area (Å²) in [4.78, 5) is 26.2. The lowest BCUT2D eigenvalue weighted by molar-refractivity contribution is 0.0155. The molecule has 2 aliphatic heterocycles. The Bertz CT molecular complexity index is 720. The van der Waals surface area contributed by atoms with Crippen molar-refractivity contribution in [3.63, 3.8) is 0 Å². The number of benzene rings is 1. The van der Waals surface area contributed by atoms with Gasteiger partial charge in [-0.05, 0) is 37.8 Å². The molecule has 2 aliphatic rings. The number of rotatable bonds is 20. The van der Waals surface area contributed by atoms with E-state index >= 15 is 0 Å².